The summed E-state index contributed by atoms with van der Waals surface area (Å²) < 4.78 is 7.42. The van der Waals surface area contributed by atoms with Gasteiger partial charge in [0, 0.05) is 17.3 Å². The standard InChI is InChI=1S/C17H16Br2ClNO/c1-3-6-22-17-14(18)7-12(8-15(17)19)10-21-13-5-4-11(2)16(20)9-13/h3-5,7-9,21H,1,6,10H2,2H3. The van der Waals surface area contributed by atoms with E-state index in [9.17, 15) is 0 Å². The molecule has 0 aliphatic rings. The van der Waals surface area contributed by atoms with Crippen molar-refractivity contribution in [3.05, 3.63) is 68.1 Å². The molecule has 5 heteroatoms. The fourth-order valence-corrected chi connectivity index (χ4v) is 3.59. The van der Waals surface area contributed by atoms with Crippen molar-refractivity contribution in [3.63, 3.8) is 0 Å². The molecule has 1 N–H and O–H groups in total. The largest absolute Gasteiger partial charge is 0.487 e. The molecule has 2 aromatic carbocycles. The van der Waals surface area contributed by atoms with Gasteiger partial charge >= 0.3 is 0 Å². The van der Waals surface area contributed by atoms with Crippen molar-refractivity contribution in [2.75, 3.05) is 11.9 Å². The maximum Gasteiger partial charge on any atom is 0.148 e. The monoisotopic (exact) mass is 443 g/mol. The van der Waals surface area contributed by atoms with Crippen LogP contribution in [0.25, 0.3) is 0 Å². The molecule has 0 heterocycles. The van der Waals surface area contributed by atoms with Gasteiger partial charge in [0.05, 0.1) is 8.95 Å². The molecule has 2 rings (SSSR count). The SMILES string of the molecule is C=CCOc1c(Br)cc(CNc2ccc(C)c(Cl)c2)cc1Br. The average molecular weight is 446 g/mol. The first-order chi connectivity index (χ1) is 10.5. The van der Waals surface area contributed by atoms with Crippen LogP contribution in [-0.2, 0) is 6.54 Å². The summed E-state index contributed by atoms with van der Waals surface area (Å²) in [5, 5.41) is 4.13. The van der Waals surface area contributed by atoms with Crippen LogP contribution in [0, 0.1) is 6.92 Å². The van der Waals surface area contributed by atoms with Gasteiger partial charge in [-0.05, 0) is 74.2 Å². The summed E-state index contributed by atoms with van der Waals surface area (Å²) >= 11 is 13.2. The first kappa shape index (κ1) is 17.4. The van der Waals surface area contributed by atoms with Gasteiger partial charge in [-0.3, -0.25) is 0 Å². The topological polar surface area (TPSA) is 21.3 Å². The molecular weight excluding hydrogens is 429 g/mol. The maximum absolute atomic E-state index is 6.14. The van der Waals surface area contributed by atoms with Crippen LogP contribution in [0.1, 0.15) is 11.1 Å². The van der Waals surface area contributed by atoms with Gasteiger partial charge in [0.25, 0.3) is 0 Å². The van der Waals surface area contributed by atoms with E-state index in [2.05, 4.69) is 43.8 Å². The van der Waals surface area contributed by atoms with Gasteiger partial charge < -0.3 is 10.1 Å². The van der Waals surface area contributed by atoms with E-state index in [0.29, 0.717) is 13.2 Å². The van der Waals surface area contributed by atoms with Crippen LogP contribution >= 0.6 is 43.5 Å². The minimum absolute atomic E-state index is 0.469. The Labute approximate surface area is 152 Å². The first-order valence-electron chi connectivity index (χ1n) is 6.73. The van der Waals surface area contributed by atoms with Crippen molar-refractivity contribution in [2.45, 2.75) is 13.5 Å². The maximum atomic E-state index is 6.14. The van der Waals surface area contributed by atoms with E-state index in [0.717, 1.165) is 36.5 Å². The highest BCUT2D eigenvalue weighted by Crippen LogP contribution is 2.35. The van der Waals surface area contributed by atoms with Crippen molar-refractivity contribution in [1.29, 1.82) is 0 Å². The van der Waals surface area contributed by atoms with Crippen LogP contribution in [0.5, 0.6) is 5.75 Å². The Kier molecular flexibility index (Phi) is 6.36. The van der Waals surface area contributed by atoms with Crippen molar-refractivity contribution in [3.8, 4) is 5.75 Å². The smallest absolute Gasteiger partial charge is 0.148 e. The van der Waals surface area contributed by atoms with Crippen LogP contribution in [0.2, 0.25) is 5.02 Å². The molecule has 2 aromatic rings. The van der Waals surface area contributed by atoms with Gasteiger partial charge in [-0.15, -0.1) is 0 Å². The Morgan fingerprint density at radius 2 is 1.91 bits per heavy atom. The summed E-state index contributed by atoms with van der Waals surface area (Å²) in [7, 11) is 0. The second-order valence-electron chi connectivity index (χ2n) is 4.81. The van der Waals surface area contributed by atoms with Crippen LogP contribution in [-0.4, -0.2) is 6.61 Å². The molecule has 0 bridgehead atoms. The van der Waals surface area contributed by atoms with E-state index >= 15 is 0 Å². The minimum atomic E-state index is 0.469. The Hall–Kier alpha value is -0.970. The second kappa shape index (κ2) is 8.04. The molecule has 2 nitrogen and oxygen atoms in total. The van der Waals surface area contributed by atoms with Gasteiger partial charge in [0.1, 0.15) is 12.4 Å². The number of hydrogen-bond donors (Lipinski definition) is 1. The summed E-state index contributed by atoms with van der Waals surface area (Å²) in [4.78, 5) is 0. The fraction of sp³-hybridized carbons (Fsp3) is 0.176. The van der Waals surface area contributed by atoms with E-state index in [1.807, 2.05) is 37.3 Å². The highest BCUT2D eigenvalue weighted by molar-refractivity contribution is 9.11. The number of nitrogens with one attached hydrogen (secondary N) is 1. The van der Waals surface area contributed by atoms with E-state index in [4.69, 9.17) is 16.3 Å². The van der Waals surface area contributed by atoms with E-state index in [-0.39, 0.29) is 0 Å². The third-order valence-corrected chi connectivity index (χ3v) is 4.66. The molecule has 0 unspecified atom stereocenters. The molecule has 0 spiro atoms. The zero-order chi connectivity index (χ0) is 16.1. The molecule has 0 amide bonds. The third-order valence-electron chi connectivity index (χ3n) is 3.07. The lowest BCUT2D eigenvalue weighted by Crippen LogP contribution is -2.01. The fourth-order valence-electron chi connectivity index (χ4n) is 1.90. The molecular formula is C17H16Br2ClNO. The van der Waals surface area contributed by atoms with Gasteiger partial charge in [-0.25, -0.2) is 0 Å². The highest BCUT2D eigenvalue weighted by Gasteiger charge is 2.09. The van der Waals surface area contributed by atoms with Gasteiger partial charge in [0.15, 0.2) is 0 Å². The lowest BCUT2D eigenvalue weighted by atomic mass is 10.2. The number of rotatable bonds is 6. The summed E-state index contributed by atoms with van der Waals surface area (Å²) in [5.41, 5.74) is 3.19. The third kappa shape index (κ3) is 4.51. The molecule has 0 radical (unpaired) electrons. The number of benzene rings is 2. The second-order valence-corrected chi connectivity index (χ2v) is 6.92. The number of halogens is 3. The van der Waals surface area contributed by atoms with Crippen molar-refractivity contribution >= 4 is 49.1 Å². The van der Waals surface area contributed by atoms with Crippen LogP contribution in [0.15, 0.2) is 51.9 Å². The van der Waals surface area contributed by atoms with Crippen LogP contribution < -0.4 is 10.1 Å². The molecule has 22 heavy (non-hydrogen) atoms. The molecule has 0 aromatic heterocycles. The number of anilines is 1. The summed E-state index contributed by atoms with van der Waals surface area (Å²) in [6.45, 7) is 6.80. The zero-order valence-corrected chi connectivity index (χ0v) is 16.1. The lowest BCUT2D eigenvalue weighted by molar-refractivity contribution is 0.358. The number of aryl methyl sites for hydroxylation is 1. The summed E-state index contributed by atoms with van der Waals surface area (Å²) in [6.07, 6.45) is 1.72. The molecule has 0 saturated heterocycles. The van der Waals surface area contributed by atoms with E-state index in [1.54, 1.807) is 6.08 Å². The van der Waals surface area contributed by atoms with Crippen molar-refractivity contribution in [2.24, 2.45) is 0 Å². The Bertz CT molecular complexity index is 665. The van der Waals surface area contributed by atoms with Gasteiger partial charge in [0.2, 0.25) is 0 Å². The van der Waals surface area contributed by atoms with Gasteiger partial charge in [-0.1, -0.05) is 30.3 Å². The van der Waals surface area contributed by atoms with E-state index < -0.39 is 0 Å². The molecule has 0 fully saturated rings. The molecule has 0 atom stereocenters. The van der Waals surface area contributed by atoms with Crippen molar-refractivity contribution < 1.29 is 4.74 Å². The summed E-state index contributed by atoms with van der Waals surface area (Å²) in [5.74, 6) is 0.780. The molecule has 116 valence electrons. The van der Waals surface area contributed by atoms with Crippen molar-refractivity contribution in [1.82, 2.24) is 0 Å². The minimum Gasteiger partial charge on any atom is -0.487 e. The Morgan fingerprint density at radius 1 is 1.23 bits per heavy atom. The zero-order valence-electron chi connectivity index (χ0n) is 12.1. The Balaban J connectivity index is 2.09. The van der Waals surface area contributed by atoms with E-state index in [1.165, 1.54) is 0 Å². The Morgan fingerprint density at radius 3 is 2.50 bits per heavy atom. The average Bonchev–Trinajstić information content (AvgIpc) is 2.48. The van der Waals surface area contributed by atoms with Crippen LogP contribution in [0.4, 0.5) is 5.69 Å². The quantitative estimate of drug-likeness (QED) is 0.523. The predicted octanol–water partition coefficient (Wildman–Crippen LogP) is 6.35. The molecule has 0 saturated carbocycles. The molecule has 0 aliphatic carbocycles. The number of hydrogen-bond acceptors (Lipinski definition) is 2. The first-order valence-corrected chi connectivity index (χ1v) is 8.69. The lowest BCUT2D eigenvalue weighted by Gasteiger charge is -2.12. The molecule has 0 aliphatic heterocycles. The predicted molar refractivity (Wildman–Crippen MR) is 101 cm³/mol. The number of ether oxygens (including phenoxy) is 1. The highest BCUT2D eigenvalue weighted by atomic mass is 79.9. The van der Waals surface area contributed by atoms with Gasteiger partial charge in [-0.2, -0.15) is 0 Å². The van der Waals surface area contributed by atoms with Crippen LogP contribution in [0.3, 0.4) is 0 Å². The summed E-state index contributed by atoms with van der Waals surface area (Å²) in [6, 6.07) is 10.0. The normalized spacial score (nSPS) is 10.4.